The van der Waals surface area contributed by atoms with Crippen molar-refractivity contribution in [3.05, 3.63) is 29.8 Å². The average Bonchev–Trinajstić information content (AvgIpc) is 2.56. The van der Waals surface area contributed by atoms with Gasteiger partial charge in [-0.3, -0.25) is 14.4 Å². The van der Waals surface area contributed by atoms with Crippen LogP contribution in [0.15, 0.2) is 24.3 Å². The number of carbonyl (C=O) groups is 3. The van der Waals surface area contributed by atoms with Crippen molar-refractivity contribution in [3.8, 4) is 0 Å². The maximum Gasteiger partial charge on any atom is 0.310 e. The molecule has 0 aliphatic carbocycles. The van der Waals surface area contributed by atoms with Gasteiger partial charge in [0.1, 0.15) is 0 Å². The maximum atomic E-state index is 12.5. The van der Waals surface area contributed by atoms with Crippen LogP contribution in [0.4, 0.5) is 5.69 Å². The minimum atomic E-state index is -0.218. The molecule has 130 valence electrons. The minimum absolute atomic E-state index is 0.0104. The molecule has 2 rings (SSSR count). The van der Waals surface area contributed by atoms with Crippen molar-refractivity contribution < 1.29 is 19.1 Å². The van der Waals surface area contributed by atoms with Crippen LogP contribution in [-0.2, 0) is 25.5 Å². The third kappa shape index (κ3) is 5.08. The molecule has 2 amide bonds. The molecule has 0 radical (unpaired) electrons. The SMILES string of the molecule is CCOC(=O)C1CCCN(C(=O)Cc2ccc(NC(C)=O)cc2)C1. The highest BCUT2D eigenvalue weighted by Crippen LogP contribution is 2.19. The molecule has 0 aromatic heterocycles. The molecule has 1 aromatic carbocycles. The first-order chi connectivity index (χ1) is 11.5. The molecule has 1 aromatic rings. The van der Waals surface area contributed by atoms with Gasteiger partial charge < -0.3 is 15.0 Å². The summed E-state index contributed by atoms with van der Waals surface area (Å²) in [7, 11) is 0. The predicted molar refractivity (Wildman–Crippen MR) is 90.4 cm³/mol. The van der Waals surface area contributed by atoms with Crippen LogP contribution in [0.5, 0.6) is 0 Å². The van der Waals surface area contributed by atoms with E-state index in [1.54, 1.807) is 24.0 Å². The Hall–Kier alpha value is -2.37. The van der Waals surface area contributed by atoms with E-state index in [1.807, 2.05) is 12.1 Å². The molecule has 1 unspecified atom stereocenters. The van der Waals surface area contributed by atoms with Gasteiger partial charge in [0, 0.05) is 25.7 Å². The monoisotopic (exact) mass is 332 g/mol. The fourth-order valence-corrected chi connectivity index (χ4v) is 2.85. The van der Waals surface area contributed by atoms with Crippen molar-refractivity contribution >= 4 is 23.5 Å². The zero-order valence-electron chi connectivity index (χ0n) is 14.2. The Kier molecular flexibility index (Phi) is 6.35. The largest absolute Gasteiger partial charge is 0.466 e. The van der Waals surface area contributed by atoms with Crippen LogP contribution in [0.3, 0.4) is 0 Å². The van der Waals surface area contributed by atoms with Crippen molar-refractivity contribution in [2.45, 2.75) is 33.1 Å². The van der Waals surface area contributed by atoms with Crippen LogP contribution in [0.25, 0.3) is 0 Å². The molecular weight excluding hydrogens is 308 g/mol. The van der Waals surface area contributed by atoms with Crippen LogP contribution in [0.2, 0.25) is 0 Å². The standard InChI is InChI=1S/C18H24N2O4/c1-3-24-18(23)15-5-4-10-20(12-15)17(22)11-14-6-8-16(9-7-14)19-13(2)21/h6-9,15H,3-5,10-12H2,1-2H3,(H,19,21). The van der Waals surface area contributed by atoms with Crippen molar-refractivity contribution in [1.29, 1.82) is 0 Å². The molecule has 1 heterocycles. The molecule has 6 heteroatoms. The highest BCUT2D eigenvalue weighted by molar-refractivity contribution is 5.88. The summed E-state index contributed by atoms with van der Waals surface area (Å²) in [6, 6.07) is 7.22. The summed E-state index contributed by atoms with van der Waals surface area (Å²) in [5, 5.41) is 2.69. The summed E-state index contributed by atoms with van der Waals surface area (Å²) < 4.78 is 5.06. The number of carbonyl (C=O) groups excluding carboxylic acids is 3. The van der Waals surface area contributed by atoms with E-state index in [-0.39, 0.29) is 30.1 Å². The van der Waals surface area contributed by atoms with Gasteiger partial charge >= 0.3 is 5.97 Å². The first kappa shape index (κ1) is 18.0. The molecular formula is C18H24N2O4. The Morgan fingerprint density at radius 2 is 1.96 bits per heavy atom. The van der Waals surface area contributed by atoms with Gasteiger partial charge in [-0.25, -0.2) is 0 Å². The number of likely N-dealkylation sites (tertiary alicyclic amines) is 1. The smallest absolute Gasteiger partial charge is 0.310 e. The van der Waals surface area contributed by atoms with Crippen molar-refractivity contribution in [2.24, 2.45) is 5.92 Å². The summed E-state index contributed by atoms with van der Waals surface area (Å²) in [6.07, 6.45) is 1.88. The Morgan fingerprint density at radius 1 is 1.25 bits per heavy atom. The Morgan fingerprint density at radius 3 is 2.58 bits per heavy atom. The van der Waals surface area contributed by atoms with Gasteiger partial charge in [0.2, 0.25) is 11.8 Å². The van der Waals surface area contributed by atoms with Crippen LogP contribution < -0.4 is 5.32 Å². The number of esters is 1. The summed E-state index contributed by atoms with van der Waals surface area (Å²) in [6.45, 7) is 4.71. The Balaban J connectivity index is 1.91. The summed E-state index contributed by atoms with van der Waals surface area (Å²) in [4.78, 5) is 37.1. The van der Waals surface area contributed by atoms with Gasteiger partial charge in [0.05, 0.1) is 18.9 Å². The number of anilines is 1. The van der Waals surface area contributed by atoms with E-state index >= 15 is 0 Å². The quantitative estimate of drug-likeness (QED) is 0.837. The molecule has 0 spiro atoms. The topological polar surface area (TPSA) is 75.7 Å². The number of hydrogen-bond donors (Lipinski definition) is 1. The fraction of sp³-hybridized carbons (Fsp3) is 0.500. The van der Waals surface area contributed by atoms with E-state index in [4.69, 9.17) is 4.74 Å². The van der Waals surface area contributed by atoms with Gasteiger partial charge in [-0.1, -0.05) is 12.1 Å². The van der Waals surface area contributed by atoms with Crippen LogP contribution in [0.1, 0.15) is 32.3 Å². The second-order valence-electron chi connectivity index (χ2n) is 5.99. The lowest BCUT2D eigenvalue weighted by atomic mass is 9.97. The normalized spacial score (nSPS) is 17.2. The lowest BCUT2D eigenvalue weighted by Gasteiger charge is -2.31. The highest BCUT2D eigenvalue weighted by atomic mass is 16.5. The van der Waals surface area contributed by atoms with Crippen LogP contribution in [0, 0.1) is 5.92 Å². The predicted octanol–water partition coefficient (Wildman–Crippen LogP) is 1.99. The highest BCUT2D eigenvalue weighted by Gasteiger charge is 2.29. The zero-order chi connectivity index (χ0) is 17.5. The third-order valence-corrected chi connectivity index (χ3v) is 4.02. The van der Waals surface area contributed by atoms with Gasteiger partial charge in [-0.2, -0.15) is 0 Å². The molecule has 0 bridgehead atoms. The number of piperidine rings is 1. The van der Waals surface area contributed by atoms with Crippen molar-refractivity contribution in [2.75, 3.05) is 25.0 Å². The molecule has 0 saturated carbocycles. The molecule has 1 aliphatic heterocycles. The Labute approximate surface area is 142 Å². The lowest BCUT2D eigenvalue weighted by Crippen LogP contribution is -2.43. The minimum Gasteiger partial charge on any atom is -0.466 e. The van der Waals surface area contributed by atoms with Gasteiger partial charge in [0.25, 0.3) is 0 Å². The molecule has 24 heavy (non-hydrogen) atoms. The zero-order valence-corrected chi connectivity index (χ0v) is 14.2. The van der Waals surface area contributed by atoms with Crippen molar-refractivity contribution in [3.63, 3.8) is 0 Å². The number of amides is 2. The fourth-order valence-electron chi connectivity index (χ4n) is 2.85. The number of ether oxygens (including phenoxy) is 1. The number of hydrogen-bond acceptors (Lipinski definition) is 4. The number of rotatable bonds is 5. The molecule has 1 aliphatic rings. The summed E-state index contributed by atoms with van der Waals surface area (Å²) in [5.41, 5.74) is 1.59. The van der Waals surface area contributed by atoms with Crippen molar-refractivity contribution in [1.82, 2.24) is 4.90 Å². The third-order valence-electron chi connectivity index (χ3n) is 4.02. The number of nitrogens with one attached hydrogen (secondary N) is 1. The first-order valence-electron chi connectivity index (χ1n) is 8.30. The van der Waals surface area contributed by atoms with Gasteiger partial charge in [-0.15, -0.1) is 0 Å². The van der Waals surface area contributed by atoms with E-state index in [9.17, 15) is 14.4 Å². The molecule has 1 N–H and O–H groups in total. The summed E-state index contributed by atoms with van der Waals surface area (Å²) >= 11 is 0. The second-order valence-corrected chi connectivity index (χ2v) is 5.99. The lowest BCUT2D eigenvalue weighted by molar-refractivity contribution is -0.151. The second kappa shape index (κ2) is 8.47. The van der Waals surface area contributed by atoms with Gasteiger partial charge in [-0.05, 0) is 37.5 Å². The Bertz CT molecular complexity index is 598. The number of nitrogens with zero attached hydrogens (tertiary/aromatic N) is 1. The molecule has 1 atom stereocenters. The van der Waals surface area contributed by atoms with E-state index in [2.05, 4.69) is 5.32 Å². The number of benzene rings is 1. The molecule has 1 saturated heterocycles. The molecule has 6 nitrogen and oxygen atoms in total. The first-order valence-corrected chi connectivity index (χ1v) is 8.30. The van der Waals surface area contributed by atoms with Gasteiger partial charge in [0.15, 0.2) is 0 Å². The maximum absolute atomic E-state index is 12.5. The van der Waals surface area contributed by atoms with E-state index in [0.717, 1.165) is 18.4 Å². The van der Waals surface area contributed by atoms with Crippen LogP contribution >= 0.6 is 0 Å². The van der Waals surface area contributed by atoms with E-state index < -0.39 is 0 Å². The van der Waals surface area contributed by atoms with Crippen LogP contribution in [-0.4, -0.2) is 42.4 Å². The van der Waals surface area contributed by atoms with E-state index in [1.165, 1.54) is 6.92 Å². The summed E-state index contributed by atoms with van der Waals surface area (Å²) in [5.74, 6) is -0.548. The average molecular weight is 332 g/mol. The molecule has 1 fully saturated rings. The van der Waals surface area contributed by atoms with E-state index in [0.29, 0.717) is 25.4 Å².